The molecule has 2 aromatic heterocycles. The first kappa shape index (κ1) is 20.1. The van der Waals surface area contributed by atoms with Crippen LogP contribution in [-0.4, -0.2) is 64.5 Å². The lowest BCUT2D eigenvalue weighted by Crippen LogP contribution is -2.50. The smallest absolute Gasteiger partial charge is 0.276 e. The van der Waals surface area contributed by atoms with Crippen molar-refractivity contribution in [1.82, 2.24) is 19.9 Å². The zero-order valence-corrected chi connectivity index (χ0v) is 16.9. The van der Waals surface area contributed by atoms with Crippen LogP contribution in [0.4, 0.5) is 5.69 Å². The number of benzene rings is 1. The molecular formula is C21H20ClN5O3. The van der Waals surface area contributed by atoms with Gasteiger partial charge in [-0.2, -0.15) is 0 Å². The molecule has 2 amide bonds. The minimum absolute atomic E-state index is 0.138. The fourth-order valence-electron chi connectivity index (χ4n) is 3.25. The molecular weight excluding hydrogens is 406 g/mol. The quantitative estimate of drug-likeness (QED) is 0.675. The van der Waals surface area contributed by atoms with Crippen LogP contribution in [0.5, 0.6) is 0 Å². The van der Waals surface area contributed by atoms with Gasteiger partial charge in [-0.25, -0.2) is 0 Å². The third-order valence-corrected chi connectivity index (χ3v) is 5.20. The molecule has 3 heterocycles. The summed E-state index contributed by atoms with van der Waals surface area (Å²) in [7, 11) is 0. The summed E-state index contributed by atoms with van der Waals surface area (Å²) in [4.78, 5) is 32.7. The van der Waals surface area contributed by atoms with Crippen LogP contribution in [0, 0.1) is 0 Å². The first-order valence-electron chi connectivity index (χ1n) is 9.53. The molecule has 0 bridgehead atoms. The van der Waals surface area contributed by atoms with Gasteiger partial charge in [-0.05, 0) is 24.3 Å². The predicted molar refractivity (Wildman–Crippen MR) is 112 cm³/mol. The normalized spacial score (nSPS) is 14.5. The van der Waals surface area contributed by atoms with Gasteiger partial charge < -0.3 is 14.7 Å². The average molecular weight is 426 g/mol. The maximum atomic E-state index is 12.7. The van der Waals surface area contributed by atoms with Crippen molar-refractivity contribution >= 4 is 29.1 Å². The highest BCUT2D eigenvalue weighted by Crippen LogP contribution is 2.21. The number of nitrogens with zero attached hydrogens (tertiary/aromatic N) is 4. The second kappa shape index (κ2) is 9.06. The molecule has 30 heavy (non-hydrogen) atoms. The molecule has 8 nitrogen and oxygen atoms in total. The highest BCUT2D eigenvalue weighted by molar-refractivity contribution is 6.33. The maximum Gasteiger partial charge on any atom is 0.276 e. The molecule has 0 unspecified atom stereocenters. The number of rotatable bonds is 5. The van der Waals surface area contributed by atoms with Crippen LogP contribution in [0.1, 0.15) is 10.5 Å². The van der Waals surface area contributed by atoms with Gasteiger partial charge in [0.15, 0.2) is 11.5 Å². The third-order valence-electron chi connectivity index (χ3n) is 4.87. The number of anilines is 1. The summed E-state index contributed by atoms with van der Waals surface area (Å²) in [6, 6.07) is 12.3. The van der Waals surface area contributed by atoms with Gasteiger partial charge >= 0.3 is 0 Å². The Hall–Kier alpha value is -3.23. The SMILES string of the molecule is O=C(CN1CCN(C(=O)c2cc(-c3ccncc3)on2)CC1)Nc1ccccc1Cl. The predicted octanol–water partition coefficient (Wildman–Crippen LogP) is 2.79. The number of carbonyl (C=O) groups excluding carboxylic acids is 2. The van der Waals surface area contributed by atoms with Gasteiger partial charge in [0.05, 0.1) is 17.3 Å². The highest BCUT2D eigenvalue weighted by Gasteiger charge is 2.25. The topological polar surface area (TPSA) is 91.6 Å². The summed E-state index contributed by atoms with van der Waals surface area (Å²) in [5.74, 6) is 0.205. The van der Waals surface area contributed by atoms with Crippen molar-refractivity contribution in [2.24, 2.45) is 0 Å². The Balaban J connectivity index is 1.29. The van der Waals surface area contributed by atoms with Crippen molar-refractivity contribution in [3.05, 3.63) is 65.6 Å². The van der Waals surface area contributed by atoms with Gasteiger partial charge in [0.1, 0.15) is 0 Å². The lowest BCUT2D eigenvalue weighted by molar-refractivity contribution is -0.117. The maximum absolute atomic E-state index is 12.7. The standard InChI is InChI=1S/C21H20ClN5O3/c22-16-3-1-2-4-17(16)24-20(28)14-26-9-11-27(12-10-26)21(29)18-13-19(30-25-18)15-5-7-23-8-6-15/h1-8,13H,9-12,14H2,(H,24,28). The minimum atomic E-state index is -0.181. The van der Waals surface area contributed by atoms with Crippen LogP contribution in [0.25, 0.3) is 11.3 Å². The Morgan fingerprint density at radius 3 is 2.53 bits per heavy atom. The largest absolute Gasteiger partial charge is 0.355 e. The third kappa shape index (κ3) is 4.67. The van der Waals surface area contributed by atoms with E-state index < -0.39 is 0 Å². The number of hydrogen-bond donors (Lipinski definition) is 1. The number of hydrogen-bond acceptors (Lipinski definition) is 6. The van der Waals surface area contributed by atoms with E-state index in [1.54, 1.807) is 47.6 Å². The monoisotopic (exact) mass is 425 g/mol. The second-order valence-corrected chi connectivity index (χ2v) is 7.32. The van der Waals surface area contributed by atoms with Crippen LogP contribution in [0.3, 0.4) is 0 Å². The molecule has 1 aliphatic heterocycles. The van der Waals surface area contributed by atoms with Crippen molar-refractivity contribution in [3.8, 4) is 11.3 Å². The van der Waals surface area contributed by atoms with Crippen molar-refractivity contribution in [2.45, 2.75) is 0 Å². The second-order valence-electron chi connectivity index (χ2n) is 6.91. The number of amides is 2. The van der Waals surface area contributed by atoms with E-state index in [0.717, 1.165) is 5.56 Å². The molecule has 0 spiro atoms. The van der Waals surface area contributed by atoms with E-state index in [1.165, 1.54) is 0 Å². The van der Waals surface area contributed by atoms with Crippen molar-refractivity contribution < 1.29 is 14.1 Å². The Morgan fingerprint density at radius 2 is 1.80 bits per heavy atom. The highest BCUT2D eigenvalue weighted by atomic mass is 35.5. The lowest BCUT2D eigenvalue weighted by Gasteiger charge is -2.33. The molecule has 0 radical (unpaired) electrons. The fourth-order valence-corrected chi connectivity index (χ4v) is 3.44. The first-order chi connectivity index (χ1) is 14.6. The zero-order chi connectivity index (χ0) is 20.9. The van der Waals surface area contributed by atoms with Crippen LogP contribution < -0.4 is 5.32 Å². The molecule has 3 aromatic rings. The van der Waals surface area contributed by atoms with Gasteiger partial charge in [-0.1, -0.05) is 28.9 Å². The van der Waals surface area contributed by atoms with Gasteiger partial charge in [-0.15, -0.1) is 0 Å². The molecule has 0 saturated carbocycles. The van der Waals surface area contributed by atoms with Crippen molar-refractivity contribution in [2.75, 3.05) is 38.0 Å². The molecule has 1 aromatic carbocycles. The number of para-hydroxylation sites is 1. The number of aromatic nitrogens is 2. The summed E-state index contributed by atoms with van der Waals surface area (Å²) in [5, 5.41) is 7.23. The minimum Gasteiger partial charge on any atom is -0.355 e. The lowest BCUT2D eigenvalue weighted by atomic mass is 10.2. The Labute approximate surface area is 178 Å². The molecule has 9 heteroatoms. The molecule has 0 aliphatic carbocycles. The summed E-state index contributed by atoms with van der Waals surface area (Å²) in [5.41, 5.74) is 1.67. The van der Waals surface area contributed by atoms with Gasteiger partial charge in [0.2, 0.25) is 5.91 Å². The molecule has 1 saturated heterocycles. The number of piperazine rings is 1. The van der Waals surface area contributed by atoms with Gasteiger partial charge in [-0.3, -0.25) is 19.5 Å². The van der Waals surface area contributed by atoms with Gasteiger partial charge in [0, 0.05) is 50.2 Å². The molecule has 0 atom stereocenters. The van der Waals surface area contributed by atoms with E-state index in [1.807, 2.05) is 17.0 Å². The average Bonchev–Trinajstić information content (AvgIpc) is 3.26. The van der Waals surface area contributed by atoms with E-state index in [4.69, 9.17) is 16.1 Å². The van der Waals surface area contributed by atoms with Gasteiger partial charge in [0.25, 0.3) is 5.91 Å². The number of nitrogens with one attached hydrogen (secondary N) is 1. The summed E-state index contributed by atoms with van der Waals surface area (Å²) >= 11 is 6.07. The van der Waals surface area contributed by atoms with E-state index in [-0.39, 0.29) is 24.1 Å². The number of carbonyl (C=O) groups is 2. The van der Waals surface area contributed by atoms with E-state index >= 15 is 0 Å². The Morgan fingerprint density at radius 1 is 1.07 bits per heavy atom. The van der Waals surface area contributed by atoms with Crippen molar-refractivity contribution in [3.63, 3.8) is 0 Å². The van der Waals surface area contributed by atoms with Crippen LogP contribution >= 0.6 is 11.6 Å². The van der Waals surface area contributed by atoms with E-state index in [9.17, 15) is 9.59 Å². The number of pyridine rings is 1. The molecule has 1 aliphatic rings. The van der Waals surface area contributed by atoms with Crippen LogP contribution in [0.15, 0.2) is 59.4 Å². The molecule has 4 rings (SSSR count). The Kier molecular flexibility index (Phi) is 6.06. The zero-order valence-electron chi connectivity index (χ0n) is 16.1. The summed E-state index contributed by atoms with van der Waals surface area (Å²) < 4.78 is 5.30. The first-order valence-corrected chi connectivity index (χ1v) is 9.91. The van der Waals surface area contributed by atoms with Crippen molar-refractivity contribution in [1.29, 1.82) is 0 Å². The number of halogens is 1. The van der Waals surface area contributed by atoms with E-state index in [2.05, 4.69) is 15.5 Å². The summed E-state index contributed by atoms with van der Waals surface area (Å²) in [6.07, 6.45) is 3.31. The van der Waals surface area contributed by atoms with E-state index in [0.29, 0.717) is 42.6 Å². The van der Waals surface area contributed by atoms with Crippen LogP contribution in [0.2, 0.25) is 5.02 Å². The van der Waals surface area contributed by atoms with Crippen LogP contribution in [-0.2, 0) is 4.79 Å². The Bertz CT molecular complexity index is 1030. The summed E-state index contributed by atoms with van der Waals surface area (Å²) in [6.45, 7) is 2.45. The molecule has 1 N–H and O–H groups in total. The molecule has 154 valence electrons. The molecule has 1 fully saturated rings. The fraction of sp³-hybridized carbons (Fsp3) is 0.238.